The molecule has 5 heteroatoms. The van der Waals surface area contributed by atoms with Crippen LogP contribution in [0.5, 0.6) is 11.5 Å². The van der Waals surface area contributed by atoms with Crippen molar-refractivity contribution in [2.75, 3.05) is 19.6 Å². The zero-order valence-electron chi connectivity index (χ0n) is 11.6. The lowest BCUT2D eigenvalue weighted by Gasteiger charge is -2.42. The Morgan fingerprint density at radius 3 is 2.80 bits per heavy atom. The summed E-state index contributed by atoms with van der Waals surface area (Å²) in [6.45, 7) is 4.87. The number of carbonyl (C=O) groups excluding carboxylic acids is 1. The van der Waals surface area contributed by atoms with E-state index in [0.717, 1.165) is 26.1 Å². The Balaban J connectivity index is 1.80. The van der Waals surface area contributed by atoms with Crippen molar-refractivity contribution in [2.24, 2.45) is 0 Å². The van der Waals surface area contributed by atoms with Crippen molar-refractivity contribution in [3.8, 4) is 11.5 Å². The highest BCUT2D eigenvalue weighted by molar-refractivity contribution is 5.95. The predicted molar refractivity (Wildman–Crippen MR) is 74.9 cm³/mol. The van der Waals surface area contributed by atoms with Crippen LogP contribution in [0.2, 0.25) is 0 Å². The fourth-order valence-corrected chi connectivity index (χ4v) is 3.29. The first-order valence-electron chi connectivity index (χ1n) is 7.13. The molecule has 2 unspecified atom stereocenters. The zero-order valence-corrected chi connectivity index (χ0v) is 11.6. The average molecular weight is 276 g/mol. The van der Waals surface area contributed by atoms with Gasteiger partial charge in [0.15, 0.2) is 11.5 Å². The second kappa shape index (κ2) is 4.98. The minimum atomic E-state index is -0.247. The first-order chi connectivity index (χ1) is 9.56. The molecule has 2 aliphatic rings. The van der Waals surface area contributed by atoms with Crippen LogP contribution in [-0.4, -0.2) is 57.6 Å². The molecule has 2 aliphatic heterocycles. The van der Waals surface area contributed by atoms with E-state index in [1.165, 1.54) is 18.6 Å². The lowest BCUT2D eigenvalue weighted by Crippen LogP contribution is -2.56. The Labute approximate surface area is 118 Å². The molecule has 2 fully saturated rings. The number of nitrogens with zero attached hydrogens (tertiary/aromatic N) is 2. The summed E-state index contributed by atoms with van der Waals surface area (Å²) < 4.78 is 0. The van der Waals surface area contributed by atoms with Gasteiger partial charge in [-0.15, -0.1) is 0 Å². The molecule has 2 heterocycles. The molecule has 20 heavy (non-hydrogen) atoms. The second-order valence-corrected chi connectivity index (χ2v) is 5.80. The van der Waals surface area contributed by atoms with E-state index in [0.29, 0.717) is 11.6 Å². The van der Waals surface area contributed by atoms with Crippen molar-refractivity contribution < 1.29 is 15.0 Å². The number of piperazine rings is 1. The van der Waals surface area contributed by atoms with Crippen LogP contribution in [-0.2, 0) is 0 Å². The van der Waals surface area contributed by atoms with Gasteiger partial charge in [0, 0.05) is 30.7 Å². The number of fused-ring (bicyclic) bond motifs is 1. The van der Waals surface area contributed by atoms with E-state index in [1.54, 1.807) is 6.07 Å². The van der Waals surface area contributed by atoms with Crippen LogP contribution in [0, 0.1) is 0 Å². The SMILES string of the molecule is CC1CN2CCCC2CN1C(=O)c1ccc(O)c(O)c1. The molecule has 1 amide bonds. The number of benzene rings is 1. The van der Waals surface area contributed by atoms with Crippen LogP contribution in [0.4, 0.5) is 0 Å². The quantitative estimate of drug-likeness (QED) is 0.761. The second-order valence-electron chi connectivity index (χ2n) is 5.80. The van der Waals surface area contributed by atoms with Gasteiger partial charge in [-0.25, -0.2) is 0 Å². The largest absolute Gasteiger partial charge is 0.504 e. The van der Waals surface area contributed by atoms with Gasteiger partial charge in [-0.1, -0.05) is 0 Å². The molecule has 0 radical (unpaired) electrons. The van der Waals surface area contributed by atoms with Gasteiger partial charge >= 0.3 is 0 Å². The van der Waals surface area contributed by atoms with Crippen molar-refractivity contribution in [3.05, 3.63) is 23.8 Å². The lowest BCUT2D eigenvalue weighted by atomic mass is 10.1. The van der Waals surface area contributed by atoms with Gasteiger partial charge in [0.2, 0.25) is 0 Å². The molecule has 0 bridgehead atoms. The molecule has 108 valence electrons. The highest BCUT2D eigenvalue weighted by Crippen LogP contribution is 2.28. The summed E-state index contributed by atoms with van der Waals surface area (Å²) in [7, 11) is 0. The van der Waals surface area contributed by atoms with Gasteiger partial charge < -0.3 is 15.1 Å². The molecule has 1 aromatic rings. The fourth-order valence-electron chi connectivity index (χ4n) is 3.29. The van der Waals surface area contributed by atoms with E-state index in [-0.39, 0.29) is 23.4 Å². The van der Waals surface area contributed by atoms with Gasteiger partial charge in [-0.3, -0.25) is 9.69 Å². The molecule has 3 rings (SSSR count). The molecule has 2 atom stereocenters. The molecule has 0 spiro atoms. The number of hydrogen-bond acceptors (Lipinski definition) is 4. The van der Waals surface area contributed by atoms with Crippen LogP contribution in [0.3, 0.4) is 0 Å². The third kappa shape index (κ3) is 2.22. The van der Waals surface area contributed by atoms with E-state index >= 15 is 0 Å². The van der Waals surface area contributed by atoms with Crippen LogP contribution in [0.15, 0.2) is 18.2 Å². The maximum Gasteiger partial charge on any atom is 0.254 e. The molecule has 0 saturated carbocycles. The molecule has 5 nitrogen and oxygen atoms in total. The molecule has 1 aromatic carbocycles. The first-order valence-corrected chi connectivity index (χ1v) is 7.13. The van der Waals surface area contributed by atoms with Gasteiger partial charge in [-0.2, -0.15) is 0 Å². The van der Waals surface area contributed by atoms with Crippen LogP contribution < -0.4 is 0 Å². The number of hydrogen-bond donors (Lipinski definition) is 2. The number of aromatic hydroxyl groups is 2. The molecular formula is C15H20N2O3. The Hall–Kier alpha value is -1.75. The Morgan fingerprint density at radius 1 is 1.25 bits per heavy atom. The normalized spacial score (nSPS) is 26.6. The molecule has 2 N–H and O–H groups in total. The number of phenols is 2. The Morgan fingerprint density at radius 2 is 2.05 bits per heavy atom. The third-order valence-corrected chi connectivity index (χ3v) is 4.42. The summed E-state index contributed by atoms with van der Waals surface area (Å²) in [6.07, 6.45) is 2.36. The maximum atomic E-state index is 12.6. The Bertz CT molecular complexity index is 532. The van der Waals surface area contributed by atoms with Crippen LogP contribution >= 0.6 is 0 Å². The summed E-state index contributed by atoms with van der Waals surface area (Å²) in [5, 5.41) is 18.9. The number of amides is 1. The smallest absolute Gasteiger partial charge is 0.254 e. The summed E-state index contributed by atoms with van der Waals surface area (Å²) in [6, 6.07) is 4.91. The van der Waals surface area contributed by atoms with E-state index in [2.05, 4.69) is 11.8 Å². The number of rotatable bonds is 1. The topological polar surface area (TPSA) is 64.0 Å². The first kappa shape index (κ1) is 13.2. The summed E-state index contributed by atoms with van der Waals surface area (Å²) in [5.74, 6) is -0.516. The number of phenolic OH excluding ortho intramolecular Hbond substituents is 2. The molecule has 2 saturated heterocycles. The highest BCUT2D eigenvalue weighted by atomic mass is 16.3. The third-order valence-electron chi connectivity index (χ3n) is 4.42. The van der Waals surface area contributed by atoms with E-state index in [9.17, 15) is 15.0 Å². The lowest BCUT2D eigenvalue weighted by molar-refractivity contribution is 0.0395. The van der Waals surface area contributed by atoms with E-state index < -0.39 is 0 Å². The summed E-state index contributed by atoms with van der Waals surface area (Å²) in [4.78, 5) is 16.9. The predicted octanol–water partition coefficient (Wildman–Crippen LogP) is 1.41. The monoisotopic (exact) mass is 276 g/mol. The van der Waals surface area contributed by atoms with Crippen molar-refractivity contribution in [1.82, 2.24) is 9.80 Å². The zero-order chi connectivity index (χ0) is 14.3. The summed E-state index contributed by atoms with van der Waals surface area (Å²) in [5.41, 5.74) is 0.429. The van der Waals surface area contributed by atoms with Crippen molar-refractivity contribution >= 4 is 5.91 Å². The minimum Gasteiger partial charge on any atom is -0.504 e. The van der Waals surface area contributed by atoms with Crippen molar-refractivity contribution in [2.45, 2.75) is 31.8 Å². The minimum absolute atomic E-state index is 0.0700. The highest BCUT2D eigenvalue weighted by Gasteiger charge is 2.36. The van der Waals surface area contributed by atoms with Crippen LogP contribution in [0.1, 0.15) is 30.1 Å². The Kier molecular flexibility index (Phi) is 3.30. The van der Waals surface area contributed by atoms with E-state index in [4.69, 9.17) is 0 Å². The van der Waals surface area contributed by atoms with Crippen molar-refractivity contribution in [3.63, 3.8) is 0 Å². The average Bonchev–Trinajstić information content (AvgIpc) is 2.87. The van der Waals surface area contributed by atoms with Gasteiger partial charge in [0.1, 0.15) is 0 Å². The van der Waals surface area contributed by atoms with Crippen molar-refractivity contribution in [1.29, 1.82) is 0 Å². The standard InChI is InChI=1S/C15H20N2O3/c1-10-8-16-6-2-3-12(16)9-17(10)15(20)11-4-5-13(18)14(19)7-11/h4-5,7,10,12,18-19H,2-3,6,8-9H2,1H3. The van der Waals surface area contributed by atoms with Crippen LogP contribution in [0.25, 0.3) is 0 Å². The van der Waals surface area contributed by atoms with Gasteiger partial charge in [-0.05, 0) is 44.5 Å². The molecule has 0 aromatic heterocycles. The molecular weight excluding hydrogens is 256 g/mol. The fraction of sp³-hybridized carbons (Fsp3) is 0.533. The van der Waals surface area contributed by atoms with Gasteiger partial charge in [0.25, 0.3) is 5.91 Å². The van der Waals surface area contributed by atoms with Gasteiger partial charge in [0.05, 0.1) is 0 Å². The summed E-state index contributed by atoms with van der Waals surface area (Å²) >= 11 is 0. The number of carbonyl (C=O) groups is 1. The molecule has 0 aliphatic carbocycles. The van der Waals surface area contributed by atoms with E-state index in [1.807, 2.05) is 4.90 Å². The maximum absolute atomic E-state index is 12.6.